The lowest BCUT2D eigenvalue weighted by Crippen LogP contribution is -2.10. The highest BCUT2D eigenvalue weighted by Crippen LogP contribution is 2.25. The second-order valence-corrected chi connectivity index (χ2v) is 4.89. The molecule has 0 heterocycles. The summed E-state index contributed by atoms with van der Waals surface area (Å²) < 4.78 is 9.87. The molecular weight excluding hydrogens is 302 g/mol. The van der Waals surface area contributed by atoms with Gasteiger partial charge in [0.05, 0.1) is 16.1 Å². The second kappa shape index (κ2) is 7.88. The lowest BCUT2D eigenvalue weighted by atomic mass is 10.1. The van der Waals surface area contributed by atoms with Gasteiger partial charge in [-0.3, -0.25) is 10.1 Å². The van der Waals surface area contributed by atoms with Crippen molar-refractivity contribution in [2.24, 2.45) is 0 Å². The number of hydrogen-bond donors (Lipinski definition) is 0. The quantitative estimate of drug-likeness (QED) is 0.332. The Hall–Kier alpha value is -2.96. The number of nitro benzene ring substituents is 1. The number of carbonyl (C=O) groups excluding carboxylic acids is 2. The number of carbonyl (C=O) groups is 2. The summed E-state index contributed by atoms with van der Waals surface area (Å²) in [6.45, 7) is 9.27. The fourth-order valence-electron chi connectivity index (χ4n) is 1.64. The van der Waals surface area contributed by atoms with Crippen molar-refractivity contribution in [2.45, 2.75) is 27.1 Å². The Bertz CT molecular complexity index is 629. The molecule has 0 bridgehead atoms. The van der Waals surface area contributed by atoms with Crippen LogP contribution in [0.15, 0.2) is 42.5 Å². The standard InChI is InChI=1S/C16H17NO6/c1-10(2)15(18)22-8-12-6-5-7-13(14(12)17(20)21)9-23-16(19)11(3)4/h5-7H,1,3,8-9H2,2,4H3. The Morgan fingerprint density at radius 3 is 1.74 bits per heavy atom. The summed E-state index contributed by atoms with van der Waals surface area (Å²) in [5, 5.41) is 11.3. The first kappa shape index (κ1) is 18.1. The van der Waals surface area contributed by atoms with Crippen LogP contribution in [0.2, 0.25) is 0 Å². The van der Waals surface area contributed by atoms with E-state index in [1.54, 1.807) is 6.07 Å². The highest BCUT2D eigenvalue weighted by molar-refractivity contribution is 5.87. The second-order valence-electron chi connectivity index (χ2n) is 4.89. The van der Waals surface area contributed by atoms with Crippen LogP contribution < -0.4 is 0 Å². The van der Waals surface area contributed by atoms with E-state index in [1.807, 2.05) is 0 Å². The number of esters is 2. The zero-order valence-electron chi connectivity index (χ0n) is 13.0. The molecule has 0 aliphatic heterocycles. The molecule has 0 aromatic heterocycles. The van der Waals surface area contributed by atoms with E-state index in [0.29, 0.717) is 0 Å². The van der Waals surface area contributed by atoms with Crippen molar-refractivity contribution in [2.75, 3.05) is 0 Å². The fourth-order valence-corrected chi connectivity index (χ4v) is 1.64. The number of rotatable bonds is 7. The molecule has 23 heavy (non-hydrogen) atoms. The van der Waals surface area contributed by atoms with Gasteiger partial charge >= 0.3 is 11.9 Å². The van der Waals surface area contributed by atoms with Gasteiger partial charge in [-0.25, -0.2) is 9.59 Å². The average Bonchev–Trinajstić information content (AvgIpc) is 2.49. The molecule has 0 saturated heterocycles. The molecule has 0 radical (unpaired) electrons. The molecule has 1 aromatic rings. The first-order valence-corrected chi connectivity index (χ1v) is 6.64. The van der Waals surface area contributed by atoms with Crippen LogP contribution in [0.5, 0.6) is 0 Å². The van der Waals surface area contributed by atoms with Crippen LogP contribution in [0.1, 0.15) is 25.0 Å². The predicted octanol–water partition coefficient (Wildman–Crippen LogP) is 2.83. The van der Waals surface area contributed by atoms with Crippen LogP contribution >= 0.6 is 0 Å². The molecule has 1 rings (SSSR count). The predicted molar refractivity (Wildman–Crippen MR) is 82.3 cm³/mol. The molecule has 0 amide bonds. The topological polar surface area (TPSA) is 95.7 Å². The summed E-state index contributed by atoms with van der Waals surface area (Å²) in [6.07, 6.45) is 0. The third kappa shape index (κ3) is 5.06. The average molecular weight is 319 g/mol. The minimum absolute atomic E-state index is 0.194. The molecule has 1 aromatic carbocycles. The molecule has 7 nitrogen and oxygen atoms in total. The Labute approximate surface area is 133 Å². The molecule has 0 atom stereocenters. The van der Waals surface area contributed by atoms with Crippen LogP contribution in [-0.4, -0.2) is 16.9 Å². The third-order valence-electron chi connectivity index (χ3n) is 2.80. The first-order valence-electron chi connectivity index (χ1n) is 6.64. The molecule has 0 spiro atoms. The monoisotopic (exact) mass is 319 g/mol. The lowest BCUT2D eigenvalue weighted by Gasteiger charge is -2.09. The SMILES string of the molecule is C=C(C)C(=O)OCc1cccc(COC(=O)C(=C)C)c1[N+](=O)[O-]. The van der Waals surface area contributed by atoms with Crippen LogP contribution in [0.4, 0.5) is 5.69 Å². The summed E-state index contributed by atoms with van der Waals surface area (Å²) in [6, 6.07) is 4.49. The van der Waals surface area contributed by atoms with E-state index in [1.165, 1.54) is 26.0 Å². The Balaban J connectivity index is 2.99. The van der Waals surface area contributed by atoms with Gasteiger partial charge in [0.15, 0.2) is 0 Å². The number of para-hydroxylation sites is 1. The number of ether oxygens (including phenoxy) is 2. The van der Waals surface area contributed by atoms with Crippen molar-refractivity contribution in [1.82, 2.24) is 0 Å². The maximum Gasteiger partial charge on any atom is 0.333 e. The van der Waals surface area contributed by atoms with Gasteiger partial charge in [0.2, 0.25) is 0 Å². The molecule has 0 fully saturated rings. The van der Waals surface area contributed by atoms with Gasteiger partial charge in [-0.05, 0) is 26.0 Å². The van der Waals surface area contributed by atoms with Gasteiger partial charge in [-0.15, -0.1) is 0 Å². The van der Waals surface area contributed by atoms with Gasteiger partial charge in [-0.2, -0.15) is 0 Å². The smallest absolute Gasteiger partial charge is 0.333 e. The Kier molecular flexibility index (Phi) is 6.20. The number of benzene rings is 1. The van der Waals surface area contributed by atoms with Crippen molar-refractivity contribution in [3.05, 3.63) is 63.7 Å². The largest absolute Gasteiger partial charge is 0.457 e. The Morgan fingerprint density at radius 2 is 1.43 bits per heavy atom. The van der Waals surface area contributed by atoms with Gasteiger partial charge in [0, 0.05) is 11.1 Å². The molecule has 0 aliphatic carbocycles. The number of hydrogen-bond acceptors (Lipinski definition) is 6. The molecule has 0 N–H and O–H groups in total. The minimum Gasteiger partial charge on any atom is -0.457 e. The minimum atomic E-state index is -0.640. The van der Waals surface area contributed by atoms with Crippen LogP contribution in [0.3, 0.4) is 0 Å². The third-order valence-corrected chi connectivity index (χ3v) is 2.80. The van der Waals surface area contributed by atoms with Crippen LogP contribution in [-0.2, 0) is 32.3 Å². The lowest BCUT2D eigenvalue weighted by molar-refractivity contribution is -0.386. The van der Waals surface area contributed by atoms with Crippen molar-refractivity contribution in [1.29, 1.82) is 0 Å². The van der Waals surface area contributed by atoms with E-state index in [0.717, 1.165) is 0 Å². The van der Waals surface area contributed by atoms with Crippen LogP contribution in [0, 0.1) is 10.1 Å². The molecule has 0 aliphatic rings. The Morgan fingerprint density at radius 1 is 1.04 bits per heavy atom. The zero-order valence-corrected chi connectivity index (χ0v) is 13.0. The van der Waals surface area contributed by atoms with Gasteiger partial charge in [0.1, 0.15) is 13.2 Å². The number of nitro groups is 1. The molecule has 0 saturated carbocycles. The van der Waals surface area contributed by atoms with E-state index in [9.17, 15) is 19.7 Å². The van der Waals surface area contributed by atoms with E-state index in [2.05, 4.69) is 13.2 Å². The highest BCUT2D eigenvalue weighted by atomic mass is 16.6. The number of nitrogens with zero attached hydrogens (tertiary/aromatic N) is 1. The molecule has 7 heteroatoms. The van der Waals surface area contributed by atoms with E-state index < -0.39 is 16.9 Å². The van der Waals surface area contributed by atoms with Crippen molar-refractivity contribution in [3.8, 4) is 0 Å². The first-order chi connectivity index (χ1) is 10.7. The summed E-state index contributed by atoms with van der Waals surface area (Å²) in [7, 11) is 0. The van der Waals surface area contributed by atoms with Crippen LogP contribution in [0.25, 0.3) is 0 Å². The molecule has 122 valence electrons. The van der Waals surface area contributed by atoms with Crippen molar-refractivity contribution >= 4 is 17.6 Å². The summed E-state index contributed by atoms with van der Waals surface area (Å²) in [4.78, 5) is 33.5. The van der Waals surface area contributed by atoms with Gasteiger partial charge < -0.3 is 9.47 Å². The van der Waals surface area contributed by atoms with Gasteiger partial charge in [0.25, 0.3) is 5.69 Å². The molecular formula is C16H17NO6. The maximum absolute atomic E-state index is 11.4. The maximum atomic E-state index is 11.4. The summed E-state index contributed by atoms with van der Waals surface area (Å²) >= 11 is 0. The highest BCUT2D eigenvalue weighted by Gasteiger charge is 2.21. The fraction of sp³-hybridized carbons (Fsp3) is 0.250. The zero-order chi connectivity index (χ0) is 17.6. The molecule has 0 unspecified atom stereocenters. The van der Waals surface area contributed by atoms with Crippen molar-refractivity contribution in [3.63, 3.8) is 0 Å². The van der Waals surface area contributed by atoms with Crippen molar-refractivity contribution < 1.29 is 24.0 Å². The van der Waals surface area contributed by atoms with Gasteiger partial charge in [-0.1, -0.05) is 19.2 Å². The van der Waals surface area contributed by atoms with E-state index >= 15 is 0 Å². The summed E-state index contributed by atoms with van der Waals surface area (Å²) in [5.41, 5.74) is 0.539. The van der Waals surface area contributed by atoms with E-state index in [4.69, 9.17) is 9.47 Å². The van der Waals surface area contributed by atoms with E-state index in [-0.39, 0.29) is 41.2 Å². The summed E-state index contributed by atoms with van der Waals surface area (Å²) in [5.74, 6) is -1.28. The normalized spacial score (nSPS) is 9.83.